The Morgan fingerprint density at radius 3 is 2.83 bits per heavy atom. The highest BCUT2D eigenvalue weighted by Crippen LogP contribution is 2.43. The van der Waals surface area contributed by atoms with Gasteiger partial charge in [-0.1, -0.05) is 6.07 Å². The first-order chi connectivity index (χ1) is 8.46. The van der Waals surface area contributed by atoms with Crippen LogP contribution in [0.25, 0.3) is 0 Å². The summed E-state index contributed by atoms with van der Waals surface area (Å²) in [5.74, 6) is -0.937. The molecule has 1 saturated heterocycles. The van der Waals surface area contributed by atoms with Crippen LogP contribution in [-0.4, -0.2) is 25.2 Å². The quantitative estimate of drug-likeness (QED) is 0.886. The lowest BCUT2D eigenvalue weighted by molar-refractivity contribution is -0.216. The van der Waals surface area contributed by atoms with E-state index in [1.165, 1.54) is 11.3 Å². The summed E-state index contributed by atoms with van der Waals surface area (Å²) in [6.45, 7) is 0.0209. The Hall–Kier alpha value is -1.08. The highest BCUT2D eigenvalue weighted by atomic mass is 32.1. The van der Waals surface area contributed by atoms with Crippen molar-refractivity contribution in [1.29, 1.82) is 0 Å². The van der Waals surface area contributed by atoms with Gasteiger partial charge >= 0.3 is 6.18 Å². The van der Waals surface area contributed by atoms with Gasteiger partial charge in [0.25, 0.3) is 0 Å². The van der Waals surface area contributed by atoms with Gasteiger partial charge in [-0.05, 0) is 24.4 Å². The number of rotatable bonds is 3. The Morgan fingerprint density at radius 1 is 1.56 bits per heavy atom. The highest BCUT2D eigenvalue weighted by molar-refractivity contribution is 7.09. The predicted octanol–water partition coefficient (Wildman–Crippen LogP) is 1.91. The molecule has 0 spiro atoms. The maximum absolute atomic E-state index is 13.0. The van der Waals surface area contributed by atoms with E-state index in [1.54, 1.807) is 12.1 Å². The molecule has 1 atom stereocenters. The fraction of sp³-hybridized carbons (Fsp3) is 0.545. The van der Waals surface area contributed by atoms with E-state index in [9.17, 15) is 18.0 Å². The van der Waals surface area contributed by atoms with E-state index in [1.807, 2.05) is 5.38 Å². The molecular weight excluding hydrogens is 265 g/mol. The van der Waals surface area contributed by atoms with Gasteiger partial charge in [0.1, 0.15) is 0 Å². The number of amides is 1. The van der Waals surface area contributed by atoms with Crippen molar-refractivity contribution in [3.63, 3.8) is 0 Å². The van der Waals surface area contributed by atoms with Crippen LogP contribution in [0.1, 0.15) is 11.3 Å². The van der Waals surface area contributed by atoms with E-state index in [2.05, 4.69) is 10.6 Å². The minimum absolute atomic E-state index is 0.147. The van der Waals surface area contributed by atoms with Gasteiger partial charge in [-0.15, -0.1) is 11.3 Å². The third-order valence-electron chi connectivity index (χ3n) is 3.14. The number of alkyl halides is 3. The second-order valence-corrected chi connectivity index (χ2v) is 5.30. The standard InChI is InChI=1S/C11H13F3N2OS/c12-11(13,14)10(3-4-15-7-10)9(17)16-6-8-2-1-5-18-8/h1-2,5,15H,3-4,6-7H2,(H,16,17). The topological polar surface area (TPSA) is 41.1 Å². The van der Waals surface area contributed by atoms with Crippen molar-refractivity contribution in [2.75, 3.05) is 13.1 Å². The van der Waals surface area contributed by atoms with Gasteiger partial charge in [0.2, 0.25) is 5.91 Å². The van der Waals surface area contributed by atoms with Crippen LogP contribution in [0.4, 0.5) is 13.2 Å². The summed E-state index contributed by atoms with van der Waals surface area (Å²) in [6, 6.07) is 3.57. The van der Waals surface area contributed by atoms with Crippen molar-refractivity contribution in [3.05, 3.63) is 22.4 Å². The smallest absolute Gasteiger partial charge is 0.350 e. The first-order valence-corrected chi connectivity index (χ1v) is 6.42. The molecule has 1 aliphatic heterocycles. The summed E-state index contributed by atoms with van der Waals surface area (Å²) >= 11 is 1.40. The minimum atomic E-state index is -4.52. The highest BCUT2D eigenvalue weighted by Gasteiger charge is 2.61. The molecule has 1 unspecified atom stereocenters. The average Bonchev–Trinajstić information content (AvgIpc) is 2.96. The normalized spacial score (nSPS) is 24.2. The van der Waals surface area contributed by atoms with Crippen LogP contribution in [0.3, 0.4) is 0 Å². The second kappa shape index (κ2) is 4.89. The van der Waals surface area contributed by atoms with Gasteiger partial charge in [-0.2, -0.15) is 13.2 Å². The van der Waals surface area contributed by atoms with E-state index in [0.29, 0.717) is 0 Å². The summed E-state index contributed by atoms with van der Waals surface area (Å²) < 4.78 is 39.1. The van der Waals surface area contributed by atoms with Crippen molar-refractivity contribution >= 4 is 17.2 Å². The molecule has 7 heteroatoms. The van der Waals surface area contributed by atoms with E-state index >= 15 is 0 Å². The molecule has 0 saturated carbocycles. The van der Waals surface area contributed by atoms with Crippen LogP contribution >= 0.6 is 11.3 Å². The lowest BCUT2D eigenvalue weighted by atomic mass is 9.85. The summed E-state index contributed by atoms with van der Waals surface area (Å²) in [5.41, 5.74) is -2.27. The van der Waals surface area contributed by atoms with Crippen molar-refractivity contribution in [2.24, 2.45) is 5.41 Å². The van der Waals surface area contributed by atoms with Gasteiger partial charge in [-0.3, -0.25) is 4.79 Å². The molecule has 1 aromatic rings. The van der Waals surface area contributed by atoms with Crippen LogP contribution < -0.4 is 10.6 Å². The Balaban J connectivity index is 2.05. The molecule has 0 radical (unpaired) electrons. The van der Waals surface area contributed by atoms with Crippen molar-refractivity contribution in [1.82, 2.24) is 10.6 Å². The maximum atomic E-state index is 13.0. The summed E-state index contributed by atoms with van der Waals surface area (Å²) in [4.78, 5) is 12.7. The zero-order valence-electron chi connectivity index (χ0n) is 9.51. The largest absolute Gasteiger partial charge is 0.404 e. The molecule has 1 aromatic heterocycles. The van der Waals surface area contributed by atoms with Gasteiger partial charge in [0.05, 0.1) is 6.54 Å². The summed E-state index contributed by atoms with van der Waals surface area (Å²) in [6.07, 6.45) is -4.72. The lowest BCUT2D eigenvalue weighted by Gasteiger charge is -2.29. The molecule has 0 bridgehead atoms. The van der Waals surface area contributed by atoms with E-state index in [4.69, 9.17) is 0 Å². The monoisotopic (exact) mass is 278 g/mol. The molecule has 1 fully saturated rings. The van der Waals surface area contributed by atoms with Crippen LogP contribution in [0.15, 0.2) is 17.5 Å². The fourth-order valence-corrected chi connectivity index (χ4v) is 2.65. The number of thiophene rings is 1. The molecule has 2 N–H and O–H groups in total. The summed E-state index contributed by atoms with van der Waals surface area (Å²) in [7, 11) is 0. The SMILES string of the molecule is O=C(NCc1cccs1)C1(C(F)(F)F)CCNC1. The Kier molecular flexibility index (Phi) is 3.63. The third kappa shape index (κ3) is 2.37. The zero-order chi connectivity index (χ0) is 13.2. The molecule has 100 valence electrons. The lowest BCUT2D eigenvalue weighted by Crippen LogP contribution is -2.51. The first kappa shape index (κ1) is 13.4. The van der Waals surface area contributed by atoms with E-state index < -0.39 is 17.5 Å². The molecule has 0 aliphatic carbocycles. The third-order valence-corrected chi connectivity index (χ3v) is 4.01. The Morgan fingerprint density at radius 2 is 2.33 bits per heavy atom. The first-order valence-electron chi connectivity index (χ1n) is 5.54. The second-order valence-electron chi connectivity index (χ2n) is 4.27. The molecule has 2 rings (SSSR count). The van der Waals surface area contributed by atoms with Crippen LogP contribution in [0, 0.1) is 5.41 Å². The molecule has 3 nitrogen and oxygen atoms in total. The molecule has 1 amide bonds. The molecule has 2 heterocycles. The zero-order valence-corrected chi connectivity index (χ0v) is 10.3. The molecular formula is C11H13F3N2OS. The van der Waals surface area contributed by atoms with Crippen molar-refractivity contribution in [2.45, 2.75) is 19.1 Å². The maximum Gasteiger partial charge on any atom is 0.404 e. The van der Waals surface area contributed by atoms with E-state index in [-0.39, 0.29) is 26.1 Å². The molecule has 18 heavy (non-hydrogen) atoms. The van der Waals surface area contributed by atoms with Gasteiger partial charge in [0.15, 0.2) is 5.41 Å². The van der Waals surface area contributed by atoms with Crippen LogP contribution in [0.5, 0.6) is 0 Å². The number of carbonyl (C=O) groups excluding carboxylic acids is 1. The van der Waals surface area contributed by atoms with E-state index in [0.717, 1.165) is 4.88 Å². The van der Waals surface area contributed by atoms with Gasteiger partial charge in [0, 0.05) is 11.4 Å². The number of hydrogen-bond acceptors (Lipinski definition) is 3. The van der Waals surface area contributed by atoms with Crippen molar-refractivity contribution < 1.29 is 18.0 Å². The van der Waals surface area contributed by atoms with Crippen LogP contribution in [0.2, 0.25) is 0 Å². The van der Waals surface area contributed by atoms with Gasteiger partial charge < -0.3 is 10.6 Å². The number of halogens is 3. The number of hydrogen-bond donors (Lipinski definition) is 2. The molecule has 0 aromatic carbocycles. The average molecular weight is 278 g/mol. The Labute approximate surface area is 106 Å². The Bertz CT molecular complexity index is 410. The summed E-state index contributed by atoms with van der Waals surface area (Å²) in [5, 5.41) is 6.82. The van der Waals surface area contributed by atoms with Crippen molar-refractivity contribution in [3.8, 4) is 0 Å². The fourth-order valence-electron chi connectivity index (χ4n) is 2.01. The van der Waals surface area contributed by atoms with Gasteiger partial charge in [-0.25, -0.2) is 0 Å². The predicted molar refractivity (Wildman–Crippen MR) is 62.1 cm³/mol. The number of carbonyl (C=O) groups is 1. The van der Waals surface area contributed by atoms with Crippen LogP contribution in [-0.2, 0) is 11.3 Å². The number of nitrogens with one attached hydrogen (secondary N) is 2. The molecule has 1 aliphatic rings. The minimum Gasteiger partial charge on any atom is -0.350 e.